The number of rotatable bonds is 3. The number of benzene rings is 1. The normalized spacial score (nSPS) is 18.1. The van der Waals surface area contributed by atoms with Crippen LogP contribution in [-0.2, 0) is 0 Å². The van der Waals surface area contributed by atoms with Gasteiger partial charge in [0.2, 0.25) is 0 Å². The lowest BCUT2D eigenvalue weighted by Gasteiger charge is -2.23. The van der Waals surface area contributed by atoms with E-state index in [1.165, 1.54) is 25.3 Å². The molecule has 1 aliphatic carbocycles. The van der Waals surface area contributed by atoms with Crippen molar-refractivity contribution in [2.24, 2.45) is 5.92 Å². The summed E-state index contributed by atoms with van der Waals surface area (Å²) in [6.45, 7) is 0. The molecule has 1 fully saturated rings. The Morgan fingerprint density at radius 3 is 2.50 bits per heavy atom. The zero-order valence-corrected chi connectivity index (χ0v) is 11.0. The highest BCUT2D eigenvalue weighted by Gasteiger charge is 2.17. The first-order chi connectivity index (χ1) is 8.70. The van der Waals surface area contributed by atoms with Gasteiger partial charge in [-0.2, -0.15) is 0 Å². The maximum Gasteiger partial charge on any atom is 0.159 e. The Kier molecular flexibility index (Phi) is 4.76. The third-order valence-corrected chi connectivity index (χ3v) is 3.89. The summed E-state index contributed by atoms with van der Waals surface area (Å²) in [6.07, 6.45) is 7.97. The van der Waals surface area contributed by atoms with Gasteiger partial charge in [0.05, 0.1) is 0 Å². The average molecular weight is 271 g/mol. The average Bonchev–Trinajstić information content (AvgIpc) is 2.41. The van der Waals surface area contributed by atoms with Gasteiger partial charge in [0.1, 0.15) is 0 Å². The summed E-state index contributed by atoms with van der Waals surface area (Å²) in [6, 6.07) is 3.98. The van der Waals surface area contributed by atoms with Gasteiger partial charge in [-0.05, 0) is 36.5 Å². The molecule has 0 heterocycles. The molecule has 0 atom stereocenters. The molecule has 0 aliphatic heterocycles. The molecule has 98 valence electrons. The molecule has 0 nitrogen and oxygen atoms in total. The van der Waals surface area contributed by atoms with E-state index in [0.717, 1.165) is 24.5 Å². The Hall–Kier alpha value is -0.890. The van der Waals surface area contributed by atoms with E-state index in [2.05, 4.69) is 0 Å². The Labute approximate surface area is 112 Å². The molecule has 2 rings (SSSR count). The predicted molar refractivity (Wildman–Crippen MR) is 71.6 cm³/mol. The maximum absolute atomic E-state index is 13.1. The molecule has 0 bridgehead atoms. The predicted octanol–water partition coefficient (Wildman–Crippen LogP) is 5.17. The molecule has 1 aromatic rings. The van der Waals surface area contributed by atoms with Crippen molar-refractivity contribution in [1.29, 1.82) is 0 Å². The third kappa shape index (κ3) is 3.32. The van der Waals surface area contributed by atoms with Gasteiger partial charge in [0.25, 0.3) is 0 Å². The van der Waals surface area contributed by atoms with Crippen molar-refractivity contribution in [2.75, 3.05) is 5.88 Å². The first kappa shape index (κ1) is 13.5. The molecular weight excluding hydrogens is 254 g/mol. The third-order valence-electron chi connectivity index (χ3n) is 3.58. The van der Waals surface area contributed by atoms with Gasteiger partial charge >= 0.3 is 0 Å². The summed E-state index contributed by atoms with van der Waals surface area (Å²) in [7, 11) is 0. The Morgan fingerprint density at radius 1 is 1.17 bits per heavy atom. The zero-order valence-electron chi connectivity index (χ0n) is 10.3. The molecule has 1 aromatic carbocycles. The molecular formula is C15H17ClF2. The van der Waals surface area contributed by atoms with Crippen LogP contribution in [-0.4, -0.2) is 5.88 Å². The first-order valence-corrected chi connectivity index (χ1v) is 6.95. The number of allylic oxidation sites excluding steroid dienone is 1. The highest BCUT2D eigenvalue weighted by atomic mass is 35.5. The number of halogens is 3. The van der Waals surface area contributed by atoms with Crippen molar-refractivity contribution < 1.29 is 8.78 Å². The van der Waals surface area contributed by atoms with Crippen molar-refractivity contribution in [3.8, 4) is 0 Å². The molecule has 0 unspecified atom stereocenters. The van der Waals surface area contributed by atoms with Crippen LogP contribution in [0.5, 0.6) is 0 Å². The summed E-state index contributed by atoms with van der Waals surface area (Å²) >= 11 is 5.99. The van der Waals surface area contributed by atoms with Crippen LogP contribution in [0.1, 0.15) is 37.7 Å². The van der Waals surface area contributed by atoms with Crippen LogP contribution in [0.15, 0.2) is 23.8 Å². The van der Waals surface area contributed by atoms with E-state index in [1.807, 2.05) is 6.08 Å². The van der Waals surface area contributed by atoms with Crippen LogP contribution in [0.4, 0.5) is 8.78 Å². The molecule has 0 amide bonds. The summed E-state index contributed by atoms with van der Waals surface area (Å²) in [4.78, 5) is 0. The summed E-state index contributed by atoms with van der Waals surface area (Å²) in [5.74, 6) is -0.646. The molecule has 0 spiro atoms. The Balaban J connectivity index is 2.19. The fraction of sp³-hybridized carbons (Fsp3) is 0.467. The van der Waals surface area contributed by atoms with Gasteiger partial charge in [-0.15, -0.1) is 11.6 Å². The van der Waals surface area contributed by atoms with E-state index in [9.17, 15) is 8.78 Å². The molecule has 0 N–H and O–H groups in total. The van der Waals surface area contributed by atoms with Crippen molar-refractivity contribution in [2.45, 2.75) is 32.1 Å². The number of alkyl halides is 1. The molecule has 3 heteroatoms. The summed E-state index contributed by atoms with van der Waals surface area (Å²) in [5, 5.41) is 0. The van der Waals surface area contributed by atoms with E-state index >= 15 is 0 Å². The minimum absolute atomic E-state index is 0.462. The lowest BCUT2D eigenvalue weighted by Crippen LogP contribution is -2.10. The molecule has 0 aromatic heterocycles. The minimum atomic E-state index is -0.808. The van der Waals surface area contributed by atoms with Crippen molar-refractivity contribution in [3.63, 3.8) is 0 Å². The smallest absolute Gasteiger partial charge is 0.159 e. The van der Waals surface area contributed by atoms with Gasteiger partial charge in [0, 0.05) is 5.88 Å². The number of hydrogen-bond acceptors (Lipinski definition) is 0. The zero-order chi connectivity index (χ0) is 13.0. The second-order valence-electron chi connectivity index (χ2n) is 4.86. The van der Waals surface area contributed by atoms with Crippen LogP contribution < -0.4 is 0 Å². The van der Waals surface area contributed by atoms with E-state index in [-0.39, 0.29) is 0 Å². The summed E-state index contributed by atoms with van der Waals surface area (Å²) in [5.41, 5.74) is 1.83. The van der Waals surface area contributed by atoms with Crippen molar-refractivity contribution >= 4 is 17.7 Å². The van der Waals surface area contributed by atoms with Crippen LogP contribution >= 0.6 is 11.6 Å². The van der Waals surface area contributed by atoms with Gasteiger partial charge in [-0.25, -0.2) is 8.78 Å². The first-order valence-electron chi connectivity index (χ1n) is 6.42. The van der Waals surface area contributed by atoms with Crippen molar-refractivity contribution in [1.82, 2.24) is 0 Å². The van der Waals surface area contributed by atoms with Crippen LogP contribution in [0.25, 0.3) is 6.08 Å². The minimum Gasteiger partial charge on any atom is -0.204 e. The van der Waals surface area contributed by atoms with Gasteiger partial charge < -0.3 is 0 Å². The van der Waals surface area contributed by atoms with E-state index in [4.69, 9.17) is 11.6 Å². The molecule has 0 radical (unpaired) electrons. The monoisotopic (exact) mass is 270 g/mol. The Morgan fingerprint density at radius 2 is 1.89 bits per heavy atom. The molecule has 0 saturated heterocycles. The second kappa shape index (κ2) is 6.33. The Bertz CT molecular complexity index is 434. The molecule has 18 heavy (non-hydrogen) atoms. The van der Waals surface area contributed by atoms with Gasteiger partial charge in [-0.1, -0.05) is 37.0 Å². The lowest BCUT2D eigenvalue weighted by atomic mass is 9.83. The molecule has 1 saturated carbocycles. The fourth-order valence-corrected chi connectivity index (χ4v) is 2.85. The van der Waals surface area contributed by atoms with E-state index in [1.54, 1.807) is 6.07 Å². The SMILES string of the molecule is Fc1ccc(C=C(CCl)C2CCCCC2)cc1F. The quantitative estimate of drug-likeness (QED) is 0.665. The van der Waals surface area contributed by atoms with Crippen molar-refractivity contribution in [3.05, 3.63) is 41.0 Å². The second-order valence-corrected chi connectivity index (χ2v) is 5.13. The molecule has 1 aliphatic rings. The summed E-state index contributed by atoms with van der Waals surface area (Å²) < 4.78 is 26.0. The van der Waals surface area contributed by atoms with Crippen LogP contribution in [0.3, 0.4) is 0 Å². The highest BCUT2D eigenvalue weighted by Crippen LogP contribution is 2.31. The maximum atomic E-state index is 13.1. The topological polar surface area (TPSA) is 0 Å². The van der Waals surface area contributed by atoms with Gasteiger partial charge in [-0.3, -0.25) is 0 Å². The van der Waals surface area contributed by atoms with Crippen LogP contribution in [0.2, 0.25) is 0 Å². The highest BCUT2D eigenvalue weighted by molar-refractivity contribution is 6.19. The van der Waals surface area contributed by atoms with Gasteiger partial charge in [0.15, 0.2) is 11.6 Å². The van der Waals surface area contributed by atoms with E-state index in [0.29, 0.717) is 17.4 Å². The van der Waals surface area contributed by atoms with Crippen LogP contribution in [0, 0.1) is 17.6 Å². The standard InChI is InChI=1S/C15H17ClF2/c16-10-13(12-4-2-1-3-5-12)8-11-6-7-14(17)15(18)9-11/h6-9,12H,1-5,10H2. The lowest BCUT2D eigenvalue weighted by molar-refractivity contribution is 0.405. The van der Waals surface area contributed by atoms with E-state index < -0.39 is 11.6 Å². The fourth-order valence-electron chi connectivity index (χ4n) is 2.56. The largest absolute Gasteiger partial charge is 0.204 e. The number of hydrogen-bond donors (Lipinski definition) is 0.